The van der Waals surface area contributed by atoms with E-state index in [0.29, 0.717) is 66.9 Å². The molecule has 0 saturated carbocycles. The lowest BCUT2D eigenvalue weighted by molar-refractivity contribution is 1.35. The summed E-state index contributed by atoms with van der Waals surface area (Å²) in [6.45, 7) is 0. The zero-order valence-corrected chi connectivity index (χ0v) is 37.5. The molecule has 0 aliphatic heterocycles. The van der Waals surface area contributed by atoms with Gasteiger partial charge in [0.05, 0.1) is 55.5 Å². The second kappa shape index (κ2) is 26.2. The van der Waals surface area contributed by atoms with Crippen LogP contribution in [0.2, 0.25) is 10.0 Å². The van der Waals surface area contributed by atoms with E-state index in [1.807, 2.05) is 115 Å². The van der Waals surface area contributed by atoms with Crippen molar-refractivity contribution in [1.82, 2.24) is 0 Å². The van der Waals surface area contributed by atoms with Crippen molar-refractivity contribution >= 4 is 103 Å². The minimum absolute atomic E-state index is 0.361. The van der Waals surface area contributed by atoms with Gasteiger partial charge in [0.2, 0.25) is 0 Å². The smallest absolute Gasteiger partial charge is 0.0802 e. The maximum atomic E-state index is 5.62. The zero-order chi connectivity index (χ0) is 48.8. The number of nitrogens with one attached hydrogen (secondary N) is 2. The van der Waals surface area contributed by atoms with Gasteiger partial charge in [-0.15, -0.1) is 0 Å². The van der Waals surface area contributed by atoms with Crippen LogP contribution >= 0.6 is 23.2 Å². The molecule has 0 atom stereocenters. The maximum absolute atomic E-state index is 5.62. The Labute approximate surface area is 394 Å². The molecule has 30 N–H and O–H groups in total. The summed E-state index contributed by atoms with van der Waals surface area (Å²) in [4.78, 5) is 0. The van der Waals surface area contributed by atoms with Crippen LogP contribution in [0, 0.1) is 0 Å². The molecule has 18 heteroatoms. The Morgan fingerprint density at radius 1 is 0.273 bits per heavy atom. The van der Waals surface area contributed by atoms with E-state index in [1.165, 1.54) is 12.1 Å². The van der Waals surface area contributed by atoms with Gasteiger partial charge < -0.3 is 79.7 Å². The van der Waals surface area contributed by atoms with E-state index in [-0.39, 0.29) is 0 Å². The second-order valence-corrected chi connectivity index (χ2v) is 14.8. The third-order valence-corrected chi connectivity index (χ3v) is 9.62. The topological polar surface area (TPSA) is 388 Å². The predicted octanol–water partition coefficient (Wildman–Crippen LogP) is 8.32. The van der Waals surface area contributed by atoms with Crippen LogP contribution in [0.25, 0.3) is 22.3 Å². The highest BCUT2D eigenvalue weighted by atomic mass is 35.5. The monoisotopic (exact) mass is 928 g/mol. The van der Waals surface area contributed by atoms with E-state index in [4.69, 9.17) is 104 Å². The number of nitrogen functional groups attached to an aromatic ring is 14. The van der Waals surface area contributed by atoms with Crippen LogP contribution in [0.1, 0.15) is 0 Å². The SMILES string of the molecule is NNc1ccc(-c2ccc(NN)cc2)cc1.Nc1cc(Cl)c(N)cc1Cl.Nc1ccc(-c2ccc(N)cc2)cc1.Nc1ccc(N)c(N)c1N.Nc1cccc(N)c1.Nc1ccccc1N. The molecule has 66 heavy (non-hydrogen) atoms. The van der Waals surface area contributed by atoms with E-state index >= 15 is 0 Å². The summed E-state index contributed by atoms with van der Waals surface area (Å²) in [5.41, 5.74) is 83.8. The van der Waals surface area contributed by atoms with Crippen LogP contribution in [0.3, 0.4) is 0 Å². The molecule has 0 unspecified atom stereocenters. The summed E-state index contributed by atoms with van der Waals surface area (Å²) in [5, 5.41) is 0.865. The number of para-hydroxylation sites is 2. The molecule has 0 spiro atoms. The van der Waals surface area contributed by atoms with Crippen molar-refractivity contribution < 1.29 is 0 Å². The summed E-state index contributed by atoms with van der Waals surface area (Å²) in [6.07, 6.45) is 0. The van der Waals surface area contributed by atoms with Crippen molar-refractivity contribution in [2.45, 2.75) is 0 Å². The van der Waals surface area contributed by atoms with Crippen LogP contribution in [-0.2, 0) is 0 Å². The molecule has 8 aromatic rings. The van der Waals surface area contributed by atoms with E-state index in [0.717, 1.165) is 45.0 Å². The summed E-state index contributed by atoms with van der Waals surface area (Å²) >= 11 is 11.2. The predicted molar refractivity (Wildman–Crippen MR) is 288 cm³/mol. The average Bonchev–Trinajstić information content (AvgIpc) is 3.31. The molecule has 0 aliphatic rings. The van der Waals surface area contributed by atoms with Crippen LogP contribution in [-0.4, -0.2) is 0 Å². The zero-order valence-electron chi connectivity index (χ0n) is 36.0. The minimum Gasteiger partial charge on any atom is -0.399 e. The van der Waals surface area contributed by atoms with E-state index < -0.39 is 0 Å². The molecule has 0 amide bonds. The third kappa shape index (κ3) is 17.3. The first-order valence-electron chi connectivity index (χ1n) is 19.7. The Kier molecular flexibility index (Phi) is 20.5. The Balaban J connectivity index is 0.000000214. The lowest BCUT2D eigenvalue weighted by Gasteiger charge is -2.05. The first kappa shape index (κ1) is 51.8. The molecule has 0 aromatic heterocycles. The number of hydrogen-bond acceptors (Lipinski definition) is 16. The van der Waals surface area contributed by atoms with Crippen LogP contribution in [0.5, 0.6) is 0 Å². The summed E-state index contributed by atoms with van der Waals surface area (Å²) in [6, 6.07) is 52.1. The number of rotatable bonds is 4. The van der Waals surface area contributed by atoms with Gasteiger partial charge in [-0.1, -0.05) is 89.9 Å². The van der Waals surface area contributed by atoms with Crippen molar-refractivity contribution in [2.24, 2.45) is 11.7 Å². The second-order valence-electron chi connectivity index (χ2n) is 14.0. The molecule has 8 aromatic carbocycles. The first-order valence-corrected chi connectivity index (χ1v) is 20.4. The summed E-state index contributed by atoms with van der Waals surface area (Å²) in [5.74, 6) is 10.6. The van der Waals surface area contributed by atoms with E-state index in [2.05, 4.69) is 10.9 Å². The van der Waals surface area contributed by atoms with Crippen molar-refractivity contribution in [3.8, 4) is 22.3 Å². The van der Waals surface area contributed by atoms with Crippen molar-refractivity contribution in [3.05, 3.63) is 180 Å². The summed E-state index contributed by atoms with van der Waals surface area (Å²) < 4.78 is 0. The van der Waals surface area contributed by atoms with E-state index in [1.54, 1.807) is 42.5 Å². The fourth-order valence-corrected chi connectivity index (χ4v) is 5.53. The quantitative estimate of drug-likeness (QED) is 0.0448. The van der Waals surface area contributed by atoms with Gasteiger partial charge in [0.25, 0.3) is 0 Å². The van der Waals surface area contributed by atoms with Gasteiger partial charge in [-0.2, -0.15) is 0 Å². The highest BCUT2D eigenvalue weighted by Crippen LogP contribution is 2.29. The van der Waals surface area contributed by atoms with Crippen molar-refractivity contribution in [3.63, 3.8) is 0 Å². The number of halogens is 2. The first-order chi connectivity index (χ1) is 31.4. The largest absolute Gasteiger partial charge is 0.399 e. The number of hydrogen-bond donors (Lipinski definition) is 16. The molecular weight excluding hydrogens is 872 g/mol. The van der Waals surface area contributed by atoms with Crippen molar-refractivity contribution in [2.75, 3.05) is 79.7 Å². The fraction of sp³-hybridized carbons (Fsp3) is 0. The van der Waals surface area contributed by atoms with E-state index in [9.17, 15) is 0 Å². The molecule has 0 fully saturated rings. The van der Waals surface area contributed by atoms with Crippen LogP contribution in [0.4, 0.5) is 79.6 Å². The van der Waals surface area contributed by atoms with Crippen molar-refractivity contribution in [1.29, 1.82) is 0 Å². The fourth-order valence-electron chi connectivity index (χ4n) is 5.19. The molecule has 16 nitrogen and oxygen atoms in total. The number of nitrogens with two attached hydrogens (primary N) is 14. The average molecular weight is 930 g/mol. The van der Waals surface area contributed by atoms with Gasteiger partial charge in [0, 0.05) is 34.1 Å². The standard InChI is InChI=1S/C12H14N4.C12H12N2.C6H6Cl2N2.C6H10N4.2C6H8N2/c13-15-11-5-1-9(2-6-11)10-3-7-12(16-14)8-4-10;13-11-5-1-9(2-6-11)10-3-7-12(14)8-4-10;7-3-1-5(9)4(8)2-6(3)10;7-3-1-2-4(8)6(10)5(3)9;7-5-2-1-3-6(8)4-5;7-5-3-1-2-4-6(5)8/h1-8,15-16H,13-14H2;1-8H,13-14H2;1-2H,9-10H2;1-2H,7-10H2;2*1-4H,7-8H2. The van der Waals surface area contributed by atoms with Crippen LogP contribution < -0.4 is 91.3 Å². The molecule has 0 heterocycles. The number of hydrazine groups is 2. The third-order valence-electron chi connectivity index (χ3n) is 8.97. The Morgan fingerprint density at radius 3 is 0.833 bits per heavy atom. The highest BCUT2D eigenvalue weighted by Gasteiger charge is 2.02. The maximum Gasteiger partial charge on any atom is 0.0802 e. The number of anilines is 14. The Bertz CT molecular complexity index is 2500. The van der Waals surface area contributed by atoms with Gasteiger partial charge in [-0.05, 0) is 125 Å². The Hall–Kier alpha value is -8.54. The molecule has 0 aliphatic carbocycles. The van der Waals surface area contributed by atoms with Gasteiger partial charge in [0.15, 0.2) is 0 Å². The summed E-state index contributed by atoms with van der Waals surface area (Å²) in [7, 11) is 0. The highest BCUT2D eigenvalue weighted by molar-refractivity contribution is 6.36. The molecule has 0 bridgehead atoms. The van der Waals surface area contributed by atoms with Gasteiger partial charge >= 0.3 is 0 Å². The minimum atomic E-state index is 0.361. The molecule has 0 saturated heterocycles. The normalized spacial score (nSPS) is 9.64. The molecule has 344 valence electrons. The van der Waals surface area contributed by atoms with Gasteiger partial charge in [0.1, 0.15) is 0 Å². The molecule has 8 rings (SSSR count). The van der Waals surface area contributed by atoms with Crippen LogP contribution in [0.15, 0.2) is 170 Å². The number of benzene rings is 8. The Morgan fingerprint density at radius 2 is 0.576 bits per heavy atom. The van der Waals surface area contributed by atoms with Gasteiger partial charge in [-0.25, -0.2) is 0 Å². The molecular formula is C48H58Cl2N16. The molecule has 0 radical (unpaired) electrons. The lowest BCUT2D eigenvalue weighted by Crippen LogP contribution is -2.06. The lowest BCUT2D eigenvalue weighted by atomic mass is 10.1. The van der Waals surface area contributed by atoms with Gasteiger partial charge in [-0.3, -0.25) is 11.7 Å².